The van der Waals surface area contributed by atoms with E-state index >= 15 is 0 Å². The van der Waals surface area contributed by atoms with E-state index in [2.05, 4.69) is 0 Å². The SMILES string of the molecule is CC(C)C(C)(C)CNC(=O)C(F)(F)C(F)F. The van der Waals surface area contributed by atoms with Gasteiger partial charge >= 0.3 is 12.3 Å². The minimum Gasteiger partial charge on any atom is -0.350 e. The van der Waals surface area contributed by atoms with Gasteiger partial charge in [-0.1, -0.05) is 27.7 Å². The zero-order chi connectivity index (χ0) is 13.1. The van der Waals surface area contributed by atoms with Gasteiger partial charge < -0.3 is 5.32 Å². The van der Waals surface area contributed by atoms with Gasteiger partial charge in [-0.15, -0.1) is 0 Å². The van der Waals surface area contributed by atoms with E-state index in [1.807, 2.05) is 19.2 Å². The fourth-order valence-corrected chi connectivity index (χ4v) is 0.729. The maximum absolute atomic E-state index is 12.6. The average Bonchev–Trinajstić information content (AvgIpc) is 2.13. The zero-order valence-electron chi connectivity index (χ0n) is 9.78. The van der Waals surface area contributed by atoms with Crippen molar-refractivity contribution < 1.29 is 22.4 Å². The Kier molecular flexibility index (Phi) is 4.76. The van der Waals surface area contributed by atoms with E-state index in [1.54, 1.807) is 13.8 Å². The van der Waals surface area contributed by atoms with Crippen LogP contribution in [0.3, 0.4) is 0 Å². The first-order chi connectivity index (χ1) is 7.01. The van der Waals surface area contributed by atoms with Crippen molar-refractivity contribution in [1.29, 1.82) is 0 Å². The molecule has 96 valence electrons. The van der Waals surface area contributed by atoms with Crippen molar-refractivity contribution in [2.24, 2.45) is 11.3 Å². The lowest BCUT2D eigenvalue weighted by atomic mass is 9.81. The van der Waals surface area contributed by atoms with Gasteiger partial charge in [0.15, 0.2) is 0 Å². The lowest BCUT2D eigenvalue weighted by molar-refractivity contribution is -0.169. The predicted molar refractivity (Wildman–Crippen MR) is 52.6 cm³/mol. The van der Waals surface area contributed by atoms with E-state index in [0.29, 0.717) is 0 Å². The van der Waals surface area contributed by atoms with E-state index in [1.165, 1.54) is 0 Å². The van der Waals surface area contributed by atoms with Crippen LogP contribution in [0.25, 0.3) is 0 Å². The van der Waals surface area contributed by atoms with Crippen LogP contribution < -0.4 is 5.32 Å². The first-order valence-corrected chi connectivity index (χ1v) is 4.96. The molecule has 2 nitrogen and oxygen atoms in total. The second kappa shape index (κ2) is 5.01. The molecular weight excluding hydrogens is 226 g/mol. The third kappa shape index (κ3) is 3.64. The molecule has 0 aromatic heterocycles. The summed E-state index contributed by atoms with van der Waals surface area (Å²) in [6.45, 7) is 7.18. The van der Waals surface area contributed by atoms with Gasteiger partial charge in [0.2, 0.25) is 0 Å². The monoisotopic (exact) mass is 243 g/mol. The van der Waals surface area contributed by atoms with Gasteiger partial charge in [-0.25, -0.2) is 8.78 Å². The Hall–Kier alpha value is -0.810. The zero-order valence-corrected chi connectivity index (χ0v) is 9.78. The second-order valence-electron chi connectivity index (χ2n) is 4.75. The van der Waals surface area contributed by atoms with Crippen molar-refractivity contribution >= 4 is 5.91 Å². The van der Waals surface area contributed by atoms with Gasteiger partial charge in [-0.3, -0.25) is 4.79 Å². The number of nitrogens with one attached hydrogen (secondary N) is 1. The van der Waals surface area contributed by atoms with E-state index in [4.69, 9.17) is 0 Å². The summed E-state index contributed by atoms with van der Waals surface area (Å²) in [4.78, 5) is 10.8. The highest BCUT2D eigenvalue weighted by molar-refractivity contribution is 5.83. The fourth-order valence-electron chi connectivity index (χ4n) is 0.729. The summed E-state index contributed by atoms with van der Waals surface area (Å²) in [5.74, 6) is -6.41. The van der Waals surface area contributed by atoms with E-state index in [0.717, 1.165) is 0 Å². The Morgan fingerprint density at radius 3 is 2.00 bits per heavy atom. The number of hydrogen-bond acceptors (Lipinski definition) is 1. The third-order valence-electron chi connectivity index (χ3n) is 2.84. The molecule has 0 rings (SSSR count). The molecule has 0 saturated heterocycles. The molecule has 0 aromatic carbocycles. The number of carbonyl (C=O) groups is 1. The molecule has 0 atom stereocenters. The van der Waals surface area contributed by atoms with Crippen LogP contribution in [0, 0.1) is 11.3 Å². The topological polar surface area (TPSA) is 29.1 Å². The highest BCUT2D eigenvalue weighted by atomic mass is 19.3. The summed E-state index contributed by atoms with van der Waals surface area (Å²) < 4.78 is 48.8. The average molecular weight is 243 g/mol. The van der Waals surface area contributed by atoms with Gasteiger partial charge in [0.05, 0.1) is 0 Å². The highest BCUT2D eigenvalue weighted by Gasteiger charge is 2.49. The van der Waals surface area contributed by atoms with Crippen LogP contribution >= 0.6 is 0 Å². The molecule has 0 aliphatic carbocycles. The molecule has 0 heterocycles. The maximum atomic E-state index is 12.6. The molecule has 0 bridgehead atoms. The molecule has 0 aliphatic heterocycles. The minimum absolute atomic E-state index is 0.0637. The molecule has 0 aromatic rings. The third-order valence-corrected chi connectivity index (χ3v) is 2.84. The summed E-state index contributed by atoms with van der Waals surface area (Å²) in [5, 5.41) is 1.86. The van der Waals surface area contributed by atoms with Gasteiger partial charge in [0.1, 0.15) is 0 Å². The largest absolute Gasteiger partial charge is 0.383 e. The number of amides is 1. The Bertz CT molecular complexity index is 251. The van der Waals surface area contributed by atoms with Gasteiger partial charge in [-0.2, -0.15) is 8.78 Å². The molecular formula is C10H17F4NO. The number of carbonyl (C=O) groups excluding carboxylic acids is 1. The number of hydrogen-bond donors (Lipinski definition) is 1. The molecule has 1 N–H and O–H groups in total. The van der Waals surface area contributed by atoms with Crippen LogP contribution in [-0.4, -0.2) is 24.8 Å². The van der Waals surface area contributed by atoms with E-state index in [9.17, 15) is 22.4 Å². The van der Waals surface area contributed by atoms with Crippen LogP contribution in [0.2, 0.25) is 0 Å². The molecule has 0 fully saturated rings. The molecule has 6 heteroatoms. The summed E-state index contributed by atoms with van der Waals surface area (Å²) >= 11 is 0. The van der Waals surface area contributed by atoms with E-state index in [-0.39, 0.29) is 12.5 Å². The highest BCUT2D eigenvalue weighted by Crippen LogP contribution is 2.26. The lowest BCUT2D eigenvalue weighted by Crippen LogP contribution is -2.48. The quantitative estimate of drug-likeness (QED) is 0.739. The van der Waals surface area contributed by atoms with Crippen LogP contribution in [0.5, 0.6) is 0 Å². The van der Waals surface area contributed by atoms with Crippen molar-refractivity contribution in [2.45, 2.75) is 40.0 Å². The molecule has 16 heavy (non-hydrogen) atoms. The van der Waals surface area contributed by atoms with Crippen molar-refractivity contribution in [3.05, 3.63) is 0 Å². The maximum Gasteiger partial charge on any atom is 0.383 e. The lowest BCUT2D eigenvalue weighted by Gasteiger charge is -2.30. The normalized spacial score (nSPS) is 13.4. The van der Waals surface area contributed by atoms with Crippen molar-refractivity contribution in [3.8, 4) is 0 Å². The van der Waals surface area contributed by atoms with Crippen LogP contribution in [0.1, 0.15) is 27.7 Å². The van der Waals surface area contributed by atoms with Crippen LogP contribution in [-0.2, 0) is 4.79 Å². The van der Waals surface area contributed by atoms with Crippen LogP contribution in [0.15, 0.2) is 0 Å². The molecule has 0 radical (unpaired) electrons. The Morgan fingerprint density at radius 1 is 1.25 bits per heavy atom. The standard InChI is InChI=1S/C10H17F4NO/c1-6(2)9(3,4)5-15-8(16)10(13,14)7(11)12/h6-7H,5H2,1-4H3,(H,15,16). The van der Waals surface area contributed by atoms with Gasteiger partial charge in [0.25, 0.3) is 5.91 Å². The summed E-state index contributed by atoms with van der Waals surface area (Å²) in [6, 6.07) is 0. The predicted octanol–water partition coefficient (Wildman–Crippen LogP) is 2.69. The Labute approximate surface area is 92.4 Å². The first kappa shape index (κ1) is 15.2. The summed E-state index contributed by atoms with van der Waals surface area (Å²) in [5.41, 5.74) is -0.423. The van der Waals surface area contributed by atoms with Gasteiger partial charge in [0, 0.05) is 6.54 Å². The molecule has 1 amide bonds. The van der Waals surface area contributed by atoms with Gasteiger partial charge in [-0.05, 0) is 11.3 Å². The number of rotatable bonds is 5. The molecule has 0 spiro atoms. The summed E-state index contributed by atoms with van der Waals surface area (Å²) in [7, 11) is 0. The molecule has 0 aliphatic rings. The number of alkyl halides is 4. The van der Waals surface area contributed by atoms with E-state index < -0.39 is 23.7 Å². The first-order valence-electron chi connectivity index (χ1n) is 4.96. The Balaban J connectivity index is 4.39. The smallest absolute Gasteiger partial charge is 0.350 e. The minimum atomic E-state index is -4.62. The fraction of sp³-hybridized carbons (Fsp3) is 0.900. The van der Waals surface area contributed by atoms with Crippen LogP contribution in [0.4, 0.5) is 17.6 Å². The molecule has 0 saturated carbocycles. The molecule has 0 unspecified atom stereocenters. The van der Waals surface area contributed by atoms with Crippen molar-refractivity contribution in [3.63, 3.8) is 0 Å². The van der Waals surface area contributed by atoms with Crippen molar-refractivity contribution in [1.82, 2.24) is 5.32 Å². The number of halogens is 4. The Morgan fingerprint density at radius 2 is 1.69 bits per heavy atom. The summed E-state index contributed by atoms with van der Waals surface area (Å²) in [6.07, 6.45) is -3.98. The van der Waals surface area contributed by atoms with Crippen molar-refractivity contribution in [2.75, 3.05) is 6.54 Å². The second-order valence-corrected chi connectivity index (χ2v) is 4.75.